The molecule has 0 aromatic carbocycles. The van der Waals surface area contributed by atoms with Crippen molar-refractivity contribution in [2.24, 2.45) is 17.6 Å². The summed E-state index contributed by atoms with van der Waals surface area (Å²) < 4.78 is 0. The van der Waals surface area contributed by atoms with Crippen LogP contribution in [-0.2, 0) is 0 Å². The third kappa shape index (κ3) is 2.25. The molecule has 0 saturated carbocycles. The third-order valence-corrected chi connectivity index (χ3v) is 3.62. The number of amides is 2. The van der Waals surface area contributed by atoms with Gasteiger partial charge in [0.25, 0.3) is 0 Å². The minimum atomic E-state index is 0.228. The zero-order valence-corrected chi connectivity index (χ0v) is 9.48. The van der Waals surface area contributed by atoms with Gasteiger partial charge < -0.3 is 15.5 Å². The highest BCUT2D eigenvalue weighted by Crippen LogP contribution is 2.21. The van der Waals surface area contributed by atoms with E-state index in [1.165, 1.54) is 0 Å². The van der Waals surface area contributed by atoms with Crippen molar-refractivity contribution in [1.82, 2.24) is 9.80 Å². The Kier molecular flexibility index (Phi) is 3.14. The molecule has 0 aliphatic carbocycles. The van der Waals surface area contributed by atoms with Gasteiger partial charge in [-0.25, -0.2) is 4.79 Å². The molecule has 2 aliphatic heterocycles. The summed E-state index contributed by atoms with van der Waals surface area (Å²) in [5.41, 5.74) is 5.54. The van der Waals surface area contributed by atoms with Crippen LogP contribution in [0.5, 0.6) is 0 Å². The zero-order valence-electron chi connectivity index (χ0n) is 9.48. The van der Waals surface area contributed by atoms with Crippen LogP contribution in [0.2, 0.25) is 0 Å². The molecule has 86 valence electrons. The van der Waals surface area contributed by atoms with Gasteiger partial charge in [-0.3, -0.25) is 0 Å². The lowest BCUT2D eigenvalue weighted by Crippen LogP contribution is -2.57. The van der Waals surface area contributed by atoms with Crippen LogP contribution < -0.4 is 5.73 Å². The second-order valence-corrected chi connectivity index (χ2v) is 4.96. The molecular weight excluding hydrogens is 190 g/mol. The highest BCUT2D eigenvalue weighted by molar-refractivity contribution is 5.75. The highest BCUT2D eigenvalue weighted by Gasteiger charge is 2.33. The van der Waals surface area contributed by atoms with Crippen molar-refractivity contribution in [2.75, 3.05) is 32.7 Å². The maximum absolute atomic E-state index is 12.0. The van der Waals surface area contributed by atoms with Gasteiger partial charge in [0.1, 0.15) is 0 Å². The minimum absolute atomic E-state index is 0.228. The molecule has 0 aromatic rings. The number of rotatable bonds is 1. The summed E-state index contributed by atoms with van der Waals surface area (Å²) in [6, 6.07) is 0.228. The van der Waals surface area contributed by atoms with Crippen molar-refractivity contribution >= 4 is 6.03 Å². The van der Waals surface area contributed by atoms with Crippen molar-refractivity contribution in [3.8, 4) is 0 Å². The van der Waals surface area contributed by atoms with Gasteiger partial charge in [-0.2, -0.15) is 0 Å². The Morgan fingerprint density at radius 1 is 1.27 bits per heavy atom. The van der Waals surface area contributed by atoms with Crippen LogP contribution in [0.15, 0.2) is 0 Å². The predicted molar refractivity (Wildman–Crippen MR) is 59.5 cm³/mol. The van der Waals surface area contributed by atoms with Crippen molar-refractivity contribution in [2.45, 2.75) is 19.8 Å². The Morgan fingerprint density at radius 2 is 1.87 bits per heavy atom. The van der Waals surface area contributed by atoms with E-state index in [-0.39, 0.29) is 6.03 Å². The van der Waals surface area contributed by atoms with E-state index in [9.17, 15) is 4.79 Å². The summed E-state index contributed by atoms with van der Waals surface area (Å²) in [5.74, 6) is 1.32. The first-order valence-corrected chi connectivity index (χ1v) is 5.94. The predicted octanol–water partition coefficient (Wildman–Crippen LogP) is 0.729. The van der Waals surface area contributed by atoms with E-state index in [0.29, 0.717) is 12.5 Å². The average molecular weight is 211 g/mol. The molecule has 2 rings (SSSR count). The standard InChI is InChI=1S/C11H21N3O/c1-9-2-4-13(5-3-9)11(15)14-7-10(6-12)8-14/h9-10H,2-8,12H2,1H3. The summed E-state index contributed by atoms with van der Waals surface area (Å²) in [7, 11) is 0. The molecule has 0 spiro atoms. The van der Waals surface area contributed by atoms with Crippen LogP contribution in [0.25, 0.3) is 0 Å². The molecule has 2 amide bonds. The van der Waals surface area contributed by atoms with Crippen LogP contribution >= 0.6 is 0 Å². The fraction of sp³-hybridized carbons (Fsp3) is 0.909. The van der Waals surface area contributed by atoms with E-state index >= 15 is 0 Å². The third-order valence-electron chi connectivity index (χ3n) is 3.62. The number of nitrogens with zero attached hydrogens (tertiary/aromatic N) is 2. The average Bonchev–Trinajstić information content (AvgIpc) is 2.17. The molecule has 2 N–H and O–H groups in total. The summed E-state index contributed by atoms with van der Waals surface area (Å²) in [6.07, 6.45) is 2.31. The van der Waals surface area contributed by atoms with E-state index in [4.69, 9.17) is 5.73 Å². The second-order valence-electron chi connectivity index (χ2n) is 4.96. The fourth-order valence-electron chi connectivity index (χ4n) is 2.28. The van der Waals surface area contributed by atoms with Gasteiger partial charge in [0.15, 0.2) is 0 Å². The van der Waals surface area contributed by atoms with Crippen LogP contribution in [0.3, 0.4) is 0 Å². The quantitative estimate of drug-likeness (QED) is 0.695. The molecule has 2 saturated heterocycles. The molecule has 4 nitrogen and oxygen atoms in total. The first kappa shape index (κ1) is 10.7. The van der Waals surface area contributed by atoms with Crippen LogP contribution in [0.1, 0.15) is 19.8 Å². The maximum atomic E-state index is 12.0. The Bertz CT molecular complexity index is 230. The molecule has 2 fully saturated rings. The van der Waals surface area contributed by atoms with E-state index in [0.717, 1.165) is 44.9 Å². The van der Waals surface area contributed by atoms with E-state index in [1.807, 2.05) is 9.80 Å². The first-order chi connectivity index (χ1) is 7.20. The fourth-order valence-corrected chi connectivity index (χ4v) is 2.28. The van der Waals surface area contributed by atoms with E-state index in [1.54, 1.807) is 0 Å². The van der Waals surface area contributed by atoms with E-state index in [2.05, 4.69) is 6.92 Å². The lowest BCUT2D eigenvalue weighted by molar-refractivity contribution is 0.0837. The van der Waals surface area contributed by atoms with Crippen molar-refractivity contribution < 1.29 is 4.79 Å². The monoisotopic (exact) mass is 211 g/mol. The van der Waals surface area contributed by atoms with Crippen LogP contribution in [-0.4, -0.2) is 48.6 Å². The smallest absolute Gasteiger partial charge is 0.320 e. The topological polar surface area (TPSA) is 49.6 Å². The SMILES string of the molecule is CC1CCN(C(=O)N2CC(CN)C2)CC1. The molecular formula is C11H21N3O. The maximum Gasteiger partial charge on any atom is 0.320 e. The molecule has 0 aromatic heterocycles. The number of hydrogen-bond acceptors (Lipinski definition) is 2. The molecule has 4 heteroatoms. The Morgan fingerprint density at radius 3 is 2.40 bits per heavy atom. The lowest BCUT2D eigenvalue weighted by atomic mass is 9.98. The van der Waals surface area contributed by atoms with Gasteiger partial charge in [0.05, 0.1) is 0 Å². The van der Waals surface area contributed by atoms with Crippen molar-refractivity contribution in [3.63, 3.8) is 0 Å². The van der Waals surface area contributed by atoms with Crippen molar-refractivity contribution in [3.05, 3.63) is 0 Å². The van der Waals surface area contributed by atoms with Gasteiger partial charge in [-0.1, -0.05) is 6.92 Å². The van der Waals surface area contributed by atoms with Gasteiger partial charge in [0.2, 0.25) is 0 Å². The molecule has 0 bridgehead atoms. The van der Waals surface area contributed by atoms with Gasteiger partial charge in [-0.05, 0) is 25.3 Å². The Hall–Kier alpha value is -0.770. The van der Waals surface area contributed by atoms with Gasteiger partial charge in [0, 0.05) is 32.1 Å². The number of nitrogens with two attached hydrogens (primary N) is 1. The molecule has 0 unspecified atom stereocenters. The molecule has 2 heterocycles. The lowest BCUT2D eigenvalue weighted by Gasteiger charge is -2.43. The first-order valence-electron chi connectivity index (χ1n) is 5.94. The summed E-state index contributed by atoms with van der Waals surface area (Å²) in [4.78, 5) is 15.9. The minimum Gasteiger partial charge on any atom is -0.330 e. The second kappa shape index (κ2) is 4.39. The summed E-state index contributed by atoms with van der Waals surface area (Å²) >= 11 is 0. The zero-order chi connectivity index (χ0) is 10.8. The number of carbonyl (C=O) groups is 1. The Balaban J connectivity index is 1.77. The van der Waals surface area contributed by atoms with Crippen molar-refractivity contribution in [1.29, 1.82) is 0 Å². The Labute approximate surface area is 91.4 Å². The number of piperidine rings is 1. The van der Waals surface area contributed by atoms with Crippen LogP contribution in [0.4, 0.5) is 4.79 Å². The summed E-state index contributed by atoms with van der Waals surface area (Å²) in [5, 5.41) is 0. The molecule has 0 atom stereocenters. The van der Waals surface area contributed by atoms with Gasteiger partial charge in [-0.15, -0.1) is 0 Å². The number of urea groups is 1. The van der Waals surface area contributed by atoms with Crippen LogP contribution in [0, 0.1) is 11.8 Å². The summed E-state index contributed by atoms with van der Waals surface area (Å²) in [6.45, 7) is 6.56. The molecule has 2 aliphatic rings. The normalized spacial score (nSPS) is 24.1. The molecule has 15 heavy (non-hydrogen) atoms. The highest BCUT2D eigenvalue weighted by atomic mass is 16.2. The van der Waals surface area contributed by atoms with E-state index < -0.39 is 0 Å². The number of likely N-dealkylation sites (tertiary alicyclic amines) is 2. The number of carbonyl (C=O) groups excluding carboxylic acids is 1. The molecule has 0 radical (unpaired) electrons. The van der Waals surface area contributed by atoms with Gasteiger partial charge >= 0.3 is 6.03 Å². The largest absolute Gasteiger partial charge is 0.330 e. The number of hydrogen-bond donors (Lipinski definition) is 1.